The van der Waals surface area contributed by atoms with Gasteiger partial charge in [-0.3, -0.25) is 4.68 Å². The number of aromatic nitrogens is 2. The zero-order valence-corrected chi connectivity index (χ0v) is 10.2. The molecule has 16 heavy (non-hydrogen) atoms. The van der Waals surface area contributed by atoms with Gasteiger partial charge in [0.1, 0.15) is 0 Å². The summed E-state index contributed by atoms with van der Waals surface area (Å²) in [5, 5.41) is 4.29. The minimum absolute atomic E-state index is 0.533. The SMILES string of the molecule is C[C](C)CN1CCC(n2cc(N)cn2)CC1. The lowest BCUT2D eigenvalue weighted by atomic mass is 10.0. The maximum Gasteiger partial charge on any atom is 0.0719 e. The zero-order chi connectivity index (χ0) is 11.5. The first-order valence-electron chi connectivity index (χ1n) is 5.96. The molecule has 0 aromatic carbocycles. The third-order valence-electron chi connectivity index (χ3n) is 3.09. The maximum absolute atomic E-state index is 5.68. The van der Waals surface area contributed by atoms with Gasteiger partial charge in [0.25, 0.3) is 0 Å². The van der Waals surface area contributed by atoms with E-state index in [0.29, 0.717) is 6.04 Å². The molecule has 0 saturated carbocycles. The summed E-state index contributed by atoms with van der Waals surface area (Å²) in [4.78, 5) is 2.51. The summed E-state index contributed by atoms with van der Waals surface area (Å²) in [5.74, 6) is 1.49. The molecule has 2 rings (SSSR count). The van der Waals surface area contributed by atoms with E-state index in [0.717, 1.165) is 25.3 Å². The number of nitrogens with zero attached hydrogens (tertiary/aromatic N) is 3. The molecule has 1 aliphatic heterocycles. The maximum atomic E-state index is 5.68. The quantitative estimate of drug-likeness (QED) is 0.845. The first kappa shape index (κ1) is 11.5. The van der Waals surface area contributed by atoms with Crippen molar-refractivity contribution in [3.8, 4) is 0 Å². The fourth-order valence-corrected chi connectivity index (χ4v) is 2.34. The Bertz CT molecular complexity index is 324. The van der Waals surface area contributed by atoms with Gasteiger partial charge in [0.15, 0.2) is 0 Å². The predicted octanol–water partition coefficient (Wildman–Crippen LogP) is 1.72. The molecule has 1 aromatic heterocycles. The minimum atomic E-state index is 0.533. The Hall–Kier alpha value is -1.03. The van der Waals surface area contributed by atoms with E-state index < -0.39 is 0 Å². The van der Waals surface area contributed by atoms with Gasteiger partial charge in [0.2, 0.25) is 0 Å². The van der Waals surface area contributed by atoms with Gasteiger partial charge in [-0.1, -0.05) is 13.8 Å². The molecule has 0 bridgehead atoms. The number of hydrogen-bond acceptors (Lipinski definition) is 3. The van der Waals surface area contributed by atoms with Crippen LogP contribution in [-0.4, -0.2) is 34.3 Å². The topological polar surface area (TPSA) is 47.1 Å². The normalized spacial score (nSPS) is 19.4. The van der Waals surface area contributed by atoms with Crippen molar-refractivity contribution in [2.75, 3.05) is 25.4 Å². The van der Waals surface area contributed by atoms with Crippen LogP contribution >= 0.6 is 0 Å². The van der Waals surface area contributed by atoms with Crippen LogP contribution in [0.25, 0.3) is 0 Å². The number of hydrogen-bond donors (Lipinski definition) is 1. The zero-order valence-electron chi connectivity index (χ0n) is 10.2. The van der Waals surface area contributed by atoms with E-state index in [2.05, 4.69) is 23.8 Å². The smallest absolute Gasteiger partial charge is 0.0719 e. The molecule has 0 spiro atoms. The largest absolute Gasteiger partial charge is 0.396 e. The van der Waals surface area contributed by atoms with Crippen LogP contribution < -0.4 is 5.73 Å². The molecule has 1 aliphatic rings. The van der Waals surface area contributed by atoms with Crippen LogP contribution in [0.2, 0.25) is 0 Å². The number of nitrogen functional groups attached to an aromatic ring is 1. The summed E-state index contributed by atoms with van der Waals surface area (Å²) in [7, 11) is 0. The monoisotopic (exact) mass is 221 g/mol. The van der Waals surface area contributed by atoms with Crippen molar-refractivity contribution >= 4 is 5.69 Å². The van der Waals surface area contributed by atoms with E-state index in [1.165, 1.54) is 18.8 Å². The number of likely N-dealkylation sites (tertiary alicyclic amines) is 1. The number of piperidine rings is 1. The molecule has 4 nitrogen and oxygen atoms in total. The molecule has 0 unspecified atom stereocenters. The van der Waals surface area contributed by atoms with E-state index in [1.54, 1.807) is 6.20 Å². The summed E-state index contributed by atoms with van der Waals surface area (Å²) in [5.41, 5.74) is 6.45. The summed E-state index contributed by atoms with van der Waals surface area (Å²) in [6.07, 6.45) is 6.02. The summed E-state index contributed by atoms with van der Waals surface area (Å²) in [6.45, 7) is 7.85. The summed E-state index contributed by atoms with van der Waals surface area (Å²) in [6, 6.07) is 0.533. The first-order valence-corrected chi connectivity index (χ1v) is 5.96. The summed E-state index contributed by atoms with van der Waals surface area (Å²) < 4.78 is 2.02. The molecule has 0 aliphatic carbocycles. The van der Waals surface area contributed by atoms with Gasteiger partial charge in [-0.2, -0.15) is 5.10 Å². The second-order valence-electron chi connectivity index (χ2n) is 4.97. The molecule has 2 heterocycles. The van der Waals surface area contributed by atoms with Gasteiger partial charge in [0, 0.05) is 25.8 Å². The van der Waals surface area contributed by atoms with Gasteiger partial charge in [-0.25, -0.2) is 0 Å². The van der Waals surface area contributed by atoms with Crippen LogP contribution in [0.4, 0.5) is 5.69 Å². The Balaban J connectivity index is 1.85. The van der Waals surface area contributed by atoms with E-state index >= 15 is 0 Å². The molecule has 1 saturated heterocycles. The molecular weight excluding hydrogens is 200 g/mol. The van der Waals surface area contributed by atoms with Crippen LogP contribution in [0.5, 0.6) is 0 Å². The van der Waals surface area contributed by atoms with Crippen molar-refractivity contribution in [2.24, 2.45) is 0 Å². The van der Waals surface area contributed by atoms with Crippen molar-refractivity contribution in [1.29, 1.82) is 0 Å². The highest BCUT2D eigenvalue weighted by molar-refractivity contribution is 5.30. The Kier molecular flexibility index (Phi) is 3.49. The highest BCUT2D eigenvalue weighted by Gasteiger charge is 2.21. The predicted molar refractivity (Wildman–Crippen MR) is 65.9 cm³/mol. The highest BCUT2D eigenvalue weighted by atomic mass is 15.3. The van der Waals surface area contributed by atoms with Gasteiger partial charge in [-0.05, 0) is 18.8 Å². The molecule has 1 aromatic rings. The fraction of sp³-hybridized carbons (Fsp3) is 0.667. The van der Waals surface area contributed by atoms with E-state index in [4.69, 9.17) is 5.73 Å². The van der Waals surface area contributed by atoms with Crippen molar-refractivity contribution in [3.63, 3.8) is 0 Å². The molecule has 1 radical (unpaired) electrons. The molecule has 4 heteroatoms. The summed E-state index contributed by atoms with van der Waals surface area (Å²) >= 11 is 0. The average Bonchev–Trinajstić information content (AvgIpc) is 2.65. The molecular formula is C12H21N4. The lowest BCUT2D eigenvalue weighted by molar-refractivity contribution is 0.186. The van der Waals surface area contributed by atoms with Crippen LogP contribution in [0.15, 0.2) is 12.4 Å². The van der Waals surface area contributed by atoms with Gasteiger partial charge in [-0.15, -0.1) is 0 Å². The lowest BCUT2D eigenvalue weighted by Crippen LogP contribution is -2.36. The van der Waals surface area contributed by atoms with Gasteiger partial charge >= 0.3 is 0 Å². The van der Waals surface area contributed by atoms with Crippen LogP contribution in [-0.2, 0) is 0 Å². The lowest BCUT2D eigenvalue weighted by Gasteiger charge is -2.32. The van der Waals surface area contributed by atoms with Crippen molar-refractivity contribution < 1.29 is 0 Å². The Labute approximate surface area is 97.4 Å². The van der Waals surface area contributed by atoms with E-state index in [9.17, 15) is 0 Å². The van der Waals surface area contributed by atoms with Crippen molar-refractivity contribution in [3.05, 3.63) is 18.3 Å². The molecule has 0 atom stereocenters. The second kappa shape index (κ2) is 4.87. The minimum Gasteiger partial charge on any atom is -0.396 e. The molecule has 89 valence electrons. The van der Waals surface area contributed by atoms with E-state index in [-0.39, 0.29) is 0 Å². The Morgan fingerprint density at radius 3 is 2.62 bits per heavy atom. The Morgan fingerprint density at radius 1 is 1.44 bits per heavy atom. The third-order valence-corrected chi connectivity index (χ3v) is 3.09. The third kappa shape index (κ3) is 2.76. The van der Waals surface area contributed by atoms with Crippen LogP contribution in [0.3, 0.4) is 0 Å². The van der Waals surface area contributed by atoms with E-state index in [1.807, 2.05) is 10.9 Å². The van der Waals surface area contributed by atoms with Gasteiger partial charge in [0.05, 0.1) is 17.9 Å². The van der Waals surface area contributed by atoms with Gasteiger partial charge < -0.3 is 10.6 Å². The van der Waals surface area contributed by atoms with Crippen LogP contribution in [0.1, 0.15) is 32.7 Å². The number of anilines is 1. The number of rotatable bonds is 3. The number of nitrogens with two attached hydrogens (primary N) is 1. The fourth-order valence-electron chi connectivity index (χ4n) is 2.34. The molecule has 0 amide bonds. The first-order chi connectivity index (χ1) is 7.65. The standard InChI is InChI=1S/C12H21N4/c1-10(2)8-15-5-3-12(4-6-15)16-9-11(13)7-14-16/h7,9,12H,3-6,8,13H2,1-2H3. The van der Waals surface area contributed by atoms with Crippen molar-refractivity contribution in [1.82, 2.24) is 14.7 Å². The second-order valence-corrected chi connectivity index (χ2v) is 4.97. The highest BCUT2D eigenvalue weighted by Crippen LogP contribution is 2.23. The Morgan fingerprint density at radius 2 is 2.12 bits per heavy atom. The average molecular weight is 221 g/mol. The molecule has 1 fully saturated rings. The van der Waals surface area contributed by atoms with Crippen molar-refractivity contribution in [2.45, 2.75) is 32.7 Å². The molecule has 2 N–H and O–H groups in total. The van der Waals surface area contributed by atoms with Crippen LogP contribution in [0, 0.1) is 5.92 Å².